The number of pyridine rings is 1. The summed E-state index contributed by atoms with van der Waals surface area (Å²) in [6.45, 7) is 0. The van der Waals surface area contributed by atoms with E-state index in [4.69, 9.17) is 4.98 Å². The van der Waals surface area contributed by atoms with E-state index in [1.54, 1.807) is 12.4 Å². The number of hydrogen-bond donors (Lipinski definition) is 3. The van der Waals surface area contributed by atoms with E-state index in [9.17, 15) is 4.79 Å². The predicted molar refractivity (Wildman–Crippen MR) is 105 cm³/mol. The predicted octanol–water partition coefficient (Wildman–Crippen LogP) is 3.61. The van der Waals surface area contributed by atoms with Crippen molar-refractivity contribution in [2.45, 2.75) is 0 Å². The second kappa shape index (κ2) is 6.06. The van der Waals surface area contributed by atoms with Gasteiger partial charge in [0.05, 0.1) is 16.6 Å². The van der Waals surface area contributed by atoms with Crippen molar-refractivity contribution in [1.82, 2.24) is 24.9 Å². The van der Waals surface area contributed by atoms with Crippen molar-refractivity contribution in [1.29, 1.82) is 0 Å². The van der Waals surface area contributed by atoms with Crippen LogP contribution in [0.1, 0.15) is 0 Å². The molecule has 0 fully saturated rings. The van der Waals surface area contributed by atoms with Crippen LogP contribution in [0.5, 0.6) is 0 Å². The van der Waals surface area contributed by atoms with E-state index in [0.29, 0.717) is 11.6 Å². The highest BCUT2D eigenvalue weighted by atomic mass is 16.1. The Morgan fingerprint density at radius 2 is 1.78 bits per heavy atom. The molecule has 130 valence electrons. The number of H-pyrrole nitrogens is 2. The molecular formula is C20H14N6O. The van der Waals surface area contributed by atoms with Gasteiger partial charge in [0.15, 0.2) is 5.82 Å². The molecule has 0 radical (unpaired) electrons. The van der Waals surface area contributed by atoms with E-state index in [0.717, 1.165) is 33.2 Å². The summed E-state index contributed by atoms with van der Waals surface area (Å²) in [7, 11) is 0. The number of para-hydroxylation sites is 1. The van der Waals surface area contributed by atoms with Crippen molar-refractivity contribution in [3.05, 3.63) is 77.5 Å². The monoisotopic (exact) mass is 354 g/mol. The number of anilines is 2. The molecule has 0 unspecified atom stereocenters. The lowest BCUT2D eigenvalue weighted by atomic mass is 10.2. The van der Waals surface area contributed by atoms with Crippen molar-refractivity contribution in [3.8, 4) is 11.4 Å². The van der Waals surface area contributed by atoms with Gasteiger partial charge in [-0.25, -0.2) is 14.8 Å². The highest BCUT2D eigenvalue weighted by molar-refractivity contribution is 5.93. The summed E-state index contributed by atoms with van der Waals surface area (Å²) >= 11 is 0. The maximum absolute atomic E-state index is 11.5. The first-order chi connectivity index (χ1) is 13.3. The van der Waals surface area contributed by atoms with Gasteiger partial charge in [-0.3, -0.25) is 4.98 Å². The van der Waals surface area contributed by atoms with Crippen molar-refractivity contribution in [2.75, 3.05) is 5.32 Å². The van der Waals surface area contributed by atoms with Gasteiger partial charge in [0.1, 0.15) is 5.82 Å². The average molecular weight is 354 g/mol. The number of aromatic amines is 2. The van der Waals surface area contributed by atoms with E-state index >= 15 is 0 Å². The van der Waals surface area contributed by atoms with Crippen LogP contribution in [0.25, 0.3) is 33.3 Å². The van der Waals surface area contributed by atoms with Gasteiger partial charge in [-0.2, -0.15) is 0 Å². The third-order valence-corrected chi connectivity index (χ3v) is 4.30. The molecule has 0 aliphatic rings. The Labute approximate surface area is 153 Å². The molecule has 0 saturated heterocycles. The summed E-state index contributed by atoms with van der Waals surface area (Å²) in [5, 5.41) is 4.26. The molecule has 7 heteroatoms. The van der Waals surface area contributed by atoms with E-state index in [2.05, 4.69) is 25.3 Å². The Hall–Kier alpha value is -4.00. The molecule has 3 N–H and O–H groups in total. The number of nitrogens with zero attached hydrogens (tertiary/aromatic N) is 3. The van der Waals surface area contributed by atoms with E-state index in [1.807, 2.05) is 54.6 Å². The molecule has 0 aliphatic carbocycles. The Kier molecular flexibility index (Phi) is 3.43. The van der Waals surface area contributed by atoms with Gasteiger partial charge in [-0.15, -0.1) is 0 Å². The SMILES string of the molecule is O=c1[nH]c2ccc(Nc3nc(-c4cccnc4)nc4ccccc34)cc2[nH]1. The fraction of sp³-hybridized carbons (Fsp3) is 0. The summed E-state index contributed by atoms with van der Waals surface area (Å²) in [5.74, 6) is 1.29. The van der Waals surface area contributed by atoms with Crippen molar-refractivity contribution in [3.63, 3.8) is 0 Å². The van der Waals surface area contributed by atoms with Crippen molar-refractivity contribution >= 4 is 33.4 Å². The molecule has 0 aliphatic heterocycles. The lowest BCUT2D eigenvalue weighted by Crippen LogP contribution is -1.99. The molecule has 5 rings (SSSR count). The largest absolute Gasteiger partial charge is 0.340 e. The summed E-state index contributed by atoms with van der Waals surface area (Å²) in [5.41, 5.74) is 3.76. The Bertz CT molecular complexity index is 1320. The lowest BCUT2D eigenvalue weighted by molar-refractivity contribution is 1.20. The first-order valence-electron chi connectivity index (χ1n) is 8.42. The van der Waals surface area contributed by atoms with E-state index < -0.39 is 0 Å². The van der Waals surface area contributed by atoms with Gasteiger partial charge < -0.3 is 15.3 Å². The minimum Gasteiger partial charge on any atom is -0.340 e. The number of aromatic nitrogens is 5. The number of rotatable bonds is 3. The van der Waals surface area contributed by atoms with Gasteiger partial charge in [0.25, 0.3) is 0 Å². The number of fused-ring (bicyclic) bond motifs is 2. The van der Waals surface area contributed by atoms with Gasteiger partial charge in [-0.1, -0.05) is 12.1 Å². The zero-order valence-electron chi connectivity index (χ0n) is 14.1. The quantitative estimate of drug-likeness (QED) is 0.460. The molecular weight excluding hydrogens is 340 g/mol. The fourth-order valence-electron chi connectivity index (χ4n) is 3.04. The molecule has 0 saturated carbocycles. The Morgan fingerprint density at radius 1 is 0.889 bits per heavy atom. The molecule has 7 nitrogen and oxygen atoms in total. The molecule has 0 amide bonds. The standard InChI is InChI=1S/C20H14N6O/c27-20-24-16-8-7-13(10-17(16)25-20)22-19-14-5-1-2-6-15(14)23-18(26-19)12-4-3-9-21-11-12/h1-11H,(H,22,23,26)(H2,24,25,27). The second-order valence-electron chi connectivity index (χ2n) is 6.12. The van der Waals surface area contributed by atoms with Gasteiger partial charge in [0.2, 0.25) is 0 Å². The number of nitrogens with one attached hydrogen (secondary N) is 3. The maximum Gasteiger partial charge on any atom is 0.323 e. The summed E-state index contributed by atoms with van der Waals surface area (Å²) in [4.78, 5) is 30.5. The number of hydrogen-bond acceptors (Lipinski definition) is 5. The van der Waals surface area contributed by atoms with Crippen molar-refractivity contribution in [2.24, 2.45) is 0 Å². The van der Waals surface area contributed by atoms with E-state index in [-0.39, 0.29) is 5.69 Å². The molecule has 0 atom stereocenters. The molecule has 2 aromatic carbocycles. The minimum absolute atomic E-state index is 0.228. The van der Waals surface area contributed by atoms with Crippen LogP contribution < -0.4 is 11.0 Å². The summed E-state index contributed by atoms with van der Waals surface area (Å²) in [6, 6.07) is 17.2. The maximum atomic E-state index is 11.5. The lowest BCUT2D eigenvalue weighted by Gasteiger charge is -2.11. The number of imidazole rings is 1. The molecule has 0 bridgehead atoms. The molecule has 3 heterocycles. The third kappa shape index (κ3) is 2.81. The summed E-state index contributed by atoms with van der Waals surface area (Å²) in [6.07, 6.45) is 3.46. The van der Waals surface area contributed by atoms with Gasteiger partial charge in [0, 0.05) is 29.0 Å². The average Bonchev–Trinajstić information content (AvgIpc) is 3.08. The van der Waals surface area contributed by atoms with Crippen LogP contribution in [0.3, 0.4) is 0 Å². The fourth-order valence-corrected chi connectivity index (χ4v) is 3.04. The van der Waals surface area contributed by atoms with Gasteiger partial charge in [-0.05, 0) is 42.5 Å². The van der Waals surface area contributed by atoms with Gasteiger partial charge >= 0.3 is 5.69 Å². The highest BCUT2D eigenvalue weighted by Crippen LogP contribution is 2.27. The minimum atomic E-state index is -0.228. The zero-order chi connectivity index (χ0) is 18.2. The highest BCUT2D eigenvalue weighted by Gasteiger charge is 2.10. The van der Waals surface area contributed by atoms with Crippen LogP contribution >= 0.6 is 0 Å². The first-order valence-corrected chi connectivity index (χ1v) is 8.42. The van der Waals surface area contributed by atoms with Crippen LogP contribution in [0.4, 0.5) is 11.5 Å². The molecule has 5 aromatic rings. The topological polar surface area (TPSA) is 99.3 Å². The molecule has 0 spiro atoms. The first kappa shape index (κ1) is 15.3. The van der Waals surface area contributed by atoms with Crippen molar-refractivity contribution < 1.29 is 0 Å². The molecule has 3 aromatic heterocycles. The van der Waals surface area contributed by atoms with Crippen LogP contribution in [0, 0.1) is 0 Å². The van der Waals surface area contributed by atoms with Crippen LogP contribution in [-0.2, 0) is 0 Å². The van der Waals surface area contributed by atoms with Crippen LogP contribution in [0.2, 0.25) is 0 Å². The third-order valence-electron chi connectivity index (χ3n) is 4.30. The van der Waals surface area contributed by atoms with E-state index in [1.165, 1.54) is 0 Å². The zero-order valence-corrected chi connectivity index (χ0v) is 14.1. The number of benzene rings is 2. The normalized spacial score (nSPS) is 11.1. The van der Waals surface area contributed by atoms with Crippen LogP contribution in [-0.4, -0.2) is 24.9 Å². The van der Waals surface area contributed by atoms with Crippen LogP contribution in [0.15, 0.2) is 71.8 Å². The Morgan fingerprint density at radius 3 is 2.67 bits per heavy atom. The molecule has 27 heavy (non-hydrogen) atoms. The second-order valence-corrected chi connectivity index (χ2v) is 6.12. The smallest absolute Gasteiger partial charge is 0.323 e. The Balaban J connectivity index is 1.65. The summed E-state index contributed by atoms with van der Waals surface area (Å²) < 4.78 is 0.